The Morgan fingerprint density at radius 2 is 1.14 bits per heavy atom. The summed E-state index contributed by atoms with van der Waals surface area (Å²) in [7, 11) is 0. The molecule has 10 rings (SSSR count). The van der Waals surface area contributed by atoms with Crippen LogP contribution < -0.4 is 10.6 Å². The second-order valence-electron chi connectivity index (χ2n) is 13.0. The van der Waals surface area contributed by atoms with Crippen molar-refractivity contribution in [1.29, 1.82) is 0 Å². The number of nitrogens with one attached hydrogen (secondary N) is 2. The van der Waals surface area contributed by atoms with Crippen LogP contribution in [0.2, 0.25) is 0 Å². The zero-order chi connectivity index (χ0) is 32.3. The highest BCUT2D eigenvalue weighted by molar-refractivity contribution is 6.21. The molecule has 0 bridgehead atoms. The van der Waals surface area contributed by atoms with Gasteiger partial charge in [-0.2, -0.15) is 0 Å². The van der Waals surface area contributed by atoms with Crippen LogP contribution in [0.25, 0.3) is 60.2 Å². The van der Waals surface area contributed by atoms with Crippen molar-refractivity contribution in [3.8, 4) is 16.8 Å². The summed E-state index contributed by atoms with van der Waals surface area (Å²) in [6.45, 7) is 0. The average Bonchev–Trinajstić information content (AvgIpc) is 3.52. The Hall–Kier alpha value is -6.16. The Bertz CT molecular complexity index is 2660. The lowest BCUT2D eigenvalue weighted by Gasteiger charge is -2.35. The number of rotatable bonds is 4. The van der Waals surface area contributed by atoms with Crippen LogP contribution >= 0.6 is 0 Å². The summed E-state index contributed by atoms with van der Waals surface area (Å²) in [5, 5.41) is 15.5. The van der Waals surface area contributed by atoms with Gasteiger partial charge in [-0.25, -0.2) is 0 Å². The first-order chi connectivity index (χ1) is 24.3. The van der Waals surface area contributed by atoms with E-state index in [1.54, 1.807) is 0 Å². The lowest BCUT2D eigenvalue weighted by atomic mass is 9.91. The van der Waals surface area contributed by atoms with E-state index in [9.17, 15) is 0 Å². The number of benzene rings is 8. The first-order valence-corrected chi connectivity index (χ1v) is 17.0. The molecule has 0 saturated heterocycles. The Kier molecular flexibility index (Phi) is 6.39. The minimum absolute atomic E-state index is 0.0335. The predicted octanol–water partition coefficient (Wildman–Crippen LogP) is 11.6. The second-order valence-corrected chi connectivity index (χ2v) is 13.0. The highest BCUT2D eigenvalue weighted by atomic mass is 15.2. The molecule has 1 aliphatic heterocycles. The van der Waals surface area contributed by atoms with E-state index in [1.165, 1.54) is 76.9 Å². The van der Waals surface area contributed by atoms with Crippen molar-refractivity contribution in [3.63, 3.8) is 0 Å². The number of hydrogen-bond acceptors (Lipinski definition) is 2. The minimum atomic E-state index is -0.0767. The van der Waals surface area contributed by atoms with Crippen molar-refractivity contribution in [2.24, 2.45) is 0 Å². The van der Waals surface area contributed by atoms with Gasteiger partial charge < -0.3 is 9.88 Å². The van der Waals surface area contributed by atoms with Gasteiger partial charge in [0.2, 0.25) is 0 Å². The monoisotopic (exact) mass is 627 g/mol. The molecule has 0 saturated carbocycles. The summed E-state index contributed by atoms with van der Waals surface area (Å²) in [5.74, 6) is 0. The molecule has 2 atom stereocenters. The van der Waals surface area contributed by atoms with Crippen LogP contribution in [0.3, 0.4) is 0 Å². The van der Waals surface area contributed by atoms with Gasteiger partial charge in [0.25, 0.3) is 0 Å². The number of nitrogens with zero attached hydrogens (tertiary/aromatic N) is 1. The van der Waals surface area contributed by atoms with Gasteiger partial charge in [0.05, 0.1) is 17.1 Å². The molecule has 2 unspecified atom stereocenters. The van der Waals surface area contributed by atoms with Crippen molar-refractivity contribution < 1.29 is 0 Å². The molecule has 3 heteroatoms. The summed E-state index contributed by atoms with van der Waals surface area (Å²) in [5.41, 5.74) is 10.9. The molecule has 49 heavy (non-hydrogen) atoms. The Morgan fingerprint density at radius 1 is 0.469 bits per heavy atom. The highest BCUT2D eigenvalue weighted by Gasteiger charge is 2.28. The topological polar surface area (TPSA) is 29.0 Å². The summed E-state index contributed by atoms with van der Waals surface area (Å²) < 4.78 is 2.40. The zero-order valence-corrected chi connectivity index (χ0v) is 26.8. The third-order valence-corrected chi connectivity index (χ3v) is 10.3. The number of fused-ring (bicyclic) bond motifs is 7. The number of anilines is 1. The smallest absolute Gasteiger partial charge is 0.104 e. The molecule has 1 aromatic heterocycles. The molecular weight excluding hydrogens is 595 g/mol. The fourth-order valence-corrected chi connectivity index (χ4v) is 7.96. The van der Waals surface area contributed by atoms with E-state index in [0.717, 1.165) is 5.69 Å². The van der Waals surface area contributed by atoms with Gasteiger partial charge in [-0.3, -0.25) is 5.32 Å². The molecule has 0 amide bonds. The van der Waals surface area contributed by atoms with Gasteiger partial charge in [0, 0.05) is 22.1 Å². The van der Waals surface area contributed by atoms with Crippen LogP contribution in [-0.4, -0.2) is 4.57 Å². The minimum Gasteiger partial charge on any atom is -0.366 e. The van der Waals surface area contributed by atoms with Gasteiger partial charge in [-0.1, -0.05) is 140 Å². The maximum Gasteiger partial charge on any atom is 0.104 e. The van der Waals surface area contributed by atoms with E-state index < -0.39 is 0 Å². The van der Waals surface area contributed by atoms with Crippen molar-refractivity contribution in [3.05, 3.63) is 193 Å². The number of aromatic nitrogens is 1. The Balaban J connectivity index is 1.09. The van der Waals surface area contributed by atoms with Crippen molar-refractivity contribution >= 4 is 49.0 Å². The Labute approximate surface area is 285 Å². The van der Waals surface area contributed by atoms with E-state index in [4.69, 9.17) is 0 Å². The normalized spacial score (nSPS) is 15.8. The number of para-hydroxylation sites is 2. The maximum atomic E-state index is 4.00. The van der Waals surface area contributed by atoms with Gasteiger partial charge in [-0.05, 0) is 85.8 Å². The molecule has 2 heterocycles. The van der Waals surface area contributed by atoms with Crippen LogP contribution in [0, 0.1) is 0 Å². The summed E-state index contributed by atoms with van der Waals surface area (Å²) in [4.78, 5) is 0. The van der Waals surface area contributed by atoms with Gasteiger partial charge >= 0.3 is 0 Å². The second kappa shape index (κ2) is 11.2. The summed E-state index contributed by atoms with van der Waals surface area (Å²) in [6.07, 6.45) is -0.0767. The third-order valence-electron chi connectivity index (χ3n) is 10.3. The van der Waals surface area contributed by atoms with Crippen LogP contribution in [0.5, 0.6) is 0 Å². The lowest BCUT2D eigenvalue weighted by molar-refractivity contribution is 0.506. The molecule has 9 aromatic rings. The van der Waals surface area contributed by atoms with Crippen LogP contribution in [0.1, 0.15) is 28.9 Å². The van der Waals surface area contributed by atoms with E-state index in [-0.39, 0.29) is 12.2 Å². The fraction of sp³-hybridized carbons (Fsp3) is 0.0435. The fourth-order valence-electron chi connectivity index (χ4n) is 7.96. The molecule has 2 N–H and O–H groups in total. The quantitative estimate of drug-likeness (QED) is 0.203. The van der Waals surface area contributed by atoms with Crippen LogP contribution in [0.15, 0.2) is 176 Å². The number of hydrogen-bond donors (Lipinski definition) is 2. The van der Waals surface area contributed by atoms with Crippen molar-refractivity contribution in [1.82, 2.24) is 9.88 Å². The molecule has 3 nitrogen and oxygen atoms in total. The third kappa shape index (κ3) is 4.55. The Morgan fingerprint density at radius 3 is 2.00 bits per heavy atom. The summed E-state index contributed by atoms with van der Waals surface area (Å²) in [6, 6.07) is 63.9. The first-order valence-electron chi connectivity index (χ1n) is 17.0. The van der Waals surface area contributed by atoms with E-state index in [2.05, 4.69) is 191 Å². The molecule has 0 radical (unpaired) electrons. The molecule has 8 aromatic carbocycles. The largest absolute Gasteiger partial charge is 0.366 e. The lowest BCUT2D eigenvalue weighted by Crippen LogP contribution is -2.37. The standard InChI is InChI=1S/C46H33N3/c1-2-14-35(15-3-1)49-42-27-26-34(29-40(42)44-38-17-7-5-12-31(38)25-28-43(44)49)46-47-41-20-9-8-18-39(41)45(48-46)33-23-21-32(22-24-33)37-19-10-13-30-11-4-6-16-36(30)37/h1-29,45-48H. The molecule has 232 valence electrons. The summed E-state index contributed by atoms with van der Waals surface area (Å²) >= 11 is 0. The molecule has 0 aliphatic carbocycles. The van der Waals surface area contributed by atoms with E-state index >= 15 is 0 Å². The van der Waals surface area contributed by atoms with Gasteiger partial charge in [-0.15, -0.1) is 0 Å². The average molecular weight is 628 g/mol. The van der Waals surface area contributed by atoms with E-state index in [1.807, 2.05) is 0 Å². The van der Waals surface area contributed by atoms with Crippen molar-refractivity contribution in [2.75, 3.05) is 5.32 Å². The first kappa shape index (κ1) is 27.9. The molecular formula is C46H33N3. The van der Waals surface area contributed by atoms with Crippen LogP contribution in [0.4, 0.5) is 5.69 Å². The predicted molar refractivity (Wildman–Crippen MR) is 205 cm³/mol. The highest BCUT2D eigenvalue weighted by Crippen LogP contribution is 2.41. The van der Waals surface area contributed by atoms with Crippen LogP contribution in [-0.2, 0) is 0 Å². The zero-order valence-electron chi connectivity index (χ0n) is 26.8. The molecule has 0 spiro atoms. The maximum absolute atomic E-state index is 4.00. The van der Waals surface area contributed by atoms with Gasteiger partial charge in [0.15, 0.2) is 0 Å². The molecule has 0 fully saturated rings. The van der Waals surface area contributed by atoms with E-state index in [0.29, 0.717) is 0 Å². The SMILES string of the molecule is c1ccc(-n2c3ccc(C4Nc5ccccc5C(c5ccc(-c6cccc7ccccc67)cc5)N4)cc3c3c4ccccc4ccc32)cc1. The van der Waals surface area contributed by atoms with Crippen molar-refractivity contribution in [2.45, 2.75) is 12.2 Å². The van der Waals surface area contributed by atoms with Gasteiger partial charge in [0.1, 0.15) is 6.17 Å². The molecule has 1 aliphatic rings.